The fourth-order valence-electron chi connectivity index (χ4n) is 2.66. The zero-order valence-electron chi connectivity index (χ0n) is 13.8. The summed E-state index contributed by atoms with van der Waals surface area (Å²) < 4.78 is 11.1. The number of hydrazone groups is 1. The van der Waals surface area contributed by atoms with E-state index in [9.17, 15) is 9.59 Å². The molecule has 0 radical (unpaired) electrons. The van der Waals surface area contributed by atoms with Gasteiger partial charge in [-0.25, -0.2) is 10.2 Å². The van der Waals surface area contributed by atoms with Crippen LogP contribution in [0.25, 0.3) is 0 Å². The second kappa shape index (κ2) is 8.90. The molecular formula is C17H23N3O4. The molecule has 2 rings (SSSR count). The van der Waals surface area contributed by atoms with Gasteiger partial charge in [-0.3, -0.25) is 4.79 Å². The Labute approximate surface area is 141 Å². The van der Waals surface area contributed by atoms with Crippen LogP contribution in [0.5, 0.6) is 11.5 Å². The molecule has 0 aliphatic heterocycles. The molecule has 0 atom stereocenters. The van der Waals surface area contributed by atoms with Crippen molar-refractivity contribution in [1.82, 2.24) is 5.43 Å². The average molecular weight is 333 g/mol. The van der Waals surface area contributed by atoms with E-state index in [1.54, 1.807) is 18.2 Å². The maximum absolute atomic E-state index is 12.3. The molecule has 0 heterocycles. The molecule has 1 aromatic carbocycles. The van der Waals surface area contributed by atoms with Crippen LogP contribution in [0.4, 0.5) is 4.79 Å². The van der Waals surface area contributed by atoms with E-state index in [4.69, 9.17) is 15.2 Å². The Morgan fingerprint density at radius 1 is 1.29 bits per heavy atom. The number of hydrogen-bond acceptors (Lipinski definition) is 5. The predicted octanol–water partition coefficient (Wildman–Crippen LogP) is 2.57. The Bertz CT molecular complexity index is 610. The number of primary amides is 1. The summed E-state index contributed by atoms with van der Waals surface area (Å²) >= 11 is 0. The largest absolute Gasteiger partial charge is 0.490 e. The van der Waals surface area contributed by atoms with Gasteiger partial charge in [0.2, 0.25) is 0 Å². The lowest BCUT2D eigenvalue weighted by Gasteiger charge is -2.20. The summed E-state index contributed by atoms with van der Waals surface area (Å²) in [5.74, 6) is 0.624. The number of hydrogen-bond donors (Lipinski definition) is 2. The number of nitrogens with one attached hydrogen (secondary N) is 1. The highest BCUT2D eigenvalue weighted by molar-refractivity contribution is 5.83. The number of carbonyl (C=O) groups is 2. The molecule has 7 heteroatoms. The Kier molecular flexibility index (Phi) is 6.60. The van der Waals surface area contributed by atoms with E-state index in [1.807, 2.05) is 6.92 Å². The second-order valence-electron chi connectivity index (χ2n) is 5.63. The van der Waals surface area contributed by atoms with Gasteiger partial charge < -0.3 is 15.2 Å². The summed E-state index contributed by atoms with van der Waals surface area (Å²) in [6.07, 6.45) is 6.51. The van der Waals surface area contributed by atoms with Gasteiger partial charge in [0.15, 0.2) is 11.5 Å². The Morgan fingerprint density at radius 2 is 2.04 bits per heavy atom. The lowest BCUT2D eigenvalue weighted by atomic mass is 9.89. The first-order valence-electron chi connectivity index (χ1n) is 8.17. The van der Waals surface area contributed by atoms with Gasteiger partial charge >= 0.3 is 12.0 Å². The first-order chi connectivity index (χ1) is 11.6. The van der Waals surface area contributed by atoms with Gasteiger partial charge in [-0.15, -0.1) is 0 Å². The van der Waals surface area contributed by atoms with Crippen molar-refractivity contribution in [2.45, 2.75) is 39.0 Å². The number of amides is 2. The fraction of sp³-hybridized carbons (Fsp3) is 0.471. The third-order valence-electron chi connectivity index (χ3n) is 3.81. The van der Waals surface area contributed by atoms with Crippen molar-refractivity contribution in [3.63, 3.8) is 0 Å². The summed E-state index contributed by atoms with van der Waals surface area (Å²) in [6.45, 7) is 2.29. The number of nitrogens with zero attached hydrogens (tertiary/aromatic N) is 1. The lowest BCUT2D eigenvalue weighted by Crippen LogP contribution is -2.24. The van der Waals surface area contributed by atoms with Crippen LogP contribution in [-0.2, 0) is 4.79 Å². The maximum atomic E-state index is 12.3. The maximum Gasteiger partial charge on any atom is 0.332 e. The molecule has 2 amide bonds. The average Bonchev–Trinajstić information content (AvgIpc) is 2.57. The number of benzene rings is 1. The fourth-order valence-corrected chi connectivity index (χ4v) is 2.66. The molecule has 7 nitrogen and oxygen atoms in total. The molecule has 1 saturated carbocycles. The smallest absolute Gasteiger partial charge is 0.332 e. The number of urea groups is 1. The van der Waals surface area contributed by atoms with Gasteiger partial charge in [0, 0.05) is 0 Å². The minimum atomic E-state index is -0.741. The predicted molar refractivity (Wildman–Crippen MR) is 90.1 cm³/mol. The van der Waals surface area contributed by atoms with Crippen LogP contribution >= 0.6 is 0 Å². The first-order valence-corrected chi connectivity index (χ1v) is 8.17. The molecule has 1 fully saturated rings. The molecule has 1 aromatic rings. The highest BCUT2D eigenvalue weighted by Crippen LogP contribution is 2.31. The number of nitrogens with two attached hydrogens (primary N) is 1. The quantitative estimate of drug-likeness (QED) is 0.361. The van der Waals surface area contributed by atoms with Gasteiger partial charge in [0.05, 0.1) is 18.7 Å². The molecular weight excluding hydrogens is 310 g/mol. The minimum Gasteiger partial charge on any atom is -0.490 e. The Hall–Kier alpha value is -2.57. The SMILES string of the molecule is CCOc1cc(C=NNC(N)=O)ccc1OC(=O)C1CCCCC1. The molecule has 1 aliphatic carbocycles. The number of esters is 1. The topological polar surface area (TPSA) is 103 Å². The summed E-state index contributed by atoms with van der Waals surface area (Å²) in [7, 11) is 0. The van der Waals surface area contributed by atoms with Crippen LogP contribution in [-0.4, -0.2) is 24.8 Å². The van der Waals surface area contributed by atoms with Crippen molar-refractivity contribution in [3.05, 3.63) is 23.8 Å². The number of ether oxygens (including phenoxy) is 2. The molecule has 3 N–H and O–H groups in total. The van der Waals surface area contributed by atoms with Gasteiger partial charge in [0.1, 0.15) is 0 Å². The van der Waals surface area contributed by atoms with Crippen molar-refractivity contribution in [3.8, 4) is 11.5 Å². The summed E-state index contributed by atoms with van der Waals surface area (Å²) in [4.78, 5) is 22.9. The van der Waals surface area contributed by atoms with E-state index in [0.29, 0.717) is 23.7 Å². The normalized spacial score (nSPS) is 15.2. The van der Waals surface area contributed by atoms with Crippen molar-refractivity contribution < 1.29 is 19.1 Å². The van der Waals surface area contributed by atoms with E-state index in [2.05, 4.69) is 10.5 Å². The standard InChI is InChI=1S/C17H23N3O4/c1-2-23-15-10-12(11-19-20-17(18)22)8-9-14(15)24-16(21)13-6-4-3-5-7-13/h8-11,13H,2-7H2,1H3,(H3,18,20,22). The summed E-state index contributed by atoms with van der Waals surface area (Å²) in [5, 5.41) is 3.69. The summed E-state index contributed by atoms with van der Waals surface area (Å²) in [6, 6.07) is 4.34. The van der Waals surface area contributed by atoms with Crippen molar-refractivity contribution in [2.75, 3.05) is 6.61 Å². The van der Waals surface area contributed by atoms with E-state index in [0.717, 1.165) is 25.7 Å². The molecule has 0 saturated heterocycles. The third-order valence-corrected chi connectivity index (χ3v) is 3.81. The van der Waals surface area contributed by atoms with Crippen molar-refractivity contribution in [1.29, 1.82) is 0 Å². The van der Waals surface area contributed by atoms with E-state index in [-0.39, 0.29) is 11.9 Å². The second-order valence-corrected chi connectivity index (χ2v) is 5.63. The van der Waals surface area contributed by atoms with Crippen molar-refractivity contribution in [2.24, 2.45) is 16.8 Å². The first kappa shape index (κ1) is 17.8. The molecule has 0 aromatic heterocycles. The monoisotopic (exact) mass is 333 g/mol. The molecule has 24 heavy (non-hydrogen) atoms. The van der Waals surface area contributed by atoms with Crippen LogP contribution in [0.1, 0.15) is 44.6 Å². The lowest BCUT2D eigenvalue weighted by molar-refractivity contribution is -0.140. The van der Waals surface area contributed by atoms with Gasteiger partial charge in [-0.2, -0.15) is 5.10 Å². The Balaban J connectivity index is 2.09. The van der Waals surface area contributed by atoms with Crippen LogP contribution in [0.15, 0.2) is 23.3 Å². The molecule has 0 unspecified atom stereocenters. The van der Waals surface area contributed by atoms with Crippen LogP contribution < -0.4 is 20.6 Å². The van der Waals surface area contributed by atoms with Gasteiger partial charge in [-0.1, -0.05) is 19.3 Å². The highest BCUT2D eigenvalue weighted by atomic mass is 16.6. The van der Waals surface area contributed by atoms with Gasteiger partial charge in [-0.05, 0) is 43.5 Å². The number of rotatable bonds is 6. The molecule has 130 valence electrons. The zero-order valence-corrected chi connectivity index (χ0v) is 13.8. The third kappa shape index (κ3) is 5.26. The van der Waals surface area contributed by atoms with E-state index in [1.165, 1.54) is 12.6 Å². The zero-order chi connectivity index (χ0) is 17.4. The summed E-state index contributed by atoms with van der Waals surface area (Å²) in [5.41, 5.74) is 7.74. The van der Waals surface area contributed by atoms with Gasteiger partial charge in [0.25, 0.3) is 0 Å². The Morgan fingerprint density at radius 3 is 2.71 bits per heavy atom. The highest BCUT2D eigenvalue weighted by Gasteiger charge is 2.24. The van der Waals surface area contributed by atoms with Crippen LogP contribution in [0.3, 0.4) is 0 Å². The van der Waals surface area contributed by atoms with Crippen LogP contribution in [0, 0.1) is 5.92 Å². The van der Waals surface area contributed by atoms with Crippen molar-refractivity contribution >= 4 is 18.2 Å². The van der Waals surface area contributed by atoms with Crippen LogP contribution in [0.2, 0.25) is 0 Å². The molecule has 0 bridgehead atoms. The number of carbonyl (C=O) groups excluding carboxylic acids is 2. The van der Waals surface area contributed by atoms with E-state index >= 15 is 0 Å². The molecule has 1 aliphatic rings. The minimum absolute atomic E-state index is 0.0331. The van der Waals surface area contributed by atoms with E-state index < -0.39 is 6.03 Å². The molecule has 0 spiro atoms.